The molecule has 0 N–H and O–H groups in total. The molecule has 0 saturated heterocycles. The summed E-state index contributed by atoms with van der Waals surface area (Å²) in [6.07, 6.45) is 0. The molecule has 2 rings (SSSR count). The Hall–Kier alpha value is -2.20. The Morgan fingerprint density at radius 1 is 1.10 bits per heavy atom. The van der Waals surface area contributed by atoms with Crippen molar-refractivity contribution >= 4 is 5.78 Å². The molecule has 4 heteroatoms. The lowest BCUT2D eigenvalue weighted by Gasteiger charge is -2.12. The van der Waals surface area contributed by atoms with E-state index in [-0.39, 0.29) is 11.6 Å². The molecule has 0 spiro atoms. The SMILES string of the molecule is COCCOc1ccccc1-c1cc(C(C)=O)ccc1F. The summed E-state index contributed by atoms with van der Waals surface area (Å²) in [6, 6.07) is 11.5. The van der Waals surface area contributed by atoms with Gasteiger partial charge in [0.2, 0.25) is 0 Å². The van der Waals surface area contributed by atoms with Gasteiger partial charge in [0, 0.05) is 23.8 Å². The molecule has 0 bridgehead atoms. The van der Waals surface area contributed by atoms with Gasteiger partial charge in [-0.2, -0.15) is 0 Å². The zero-order valence-electron chi connectivity index (χ0n) is 12.1. The first-order valence-corrected chi connectivity index (χ1v) is 6.65. The largest absolute Gasteiger partial charge is 0.491 e. The van der Waals surface area contributed by atoms with Gasteiger partial charge in [-0.1, -0.05) is 18.2 Å². The Labute approximate surface area is 123 Å². The van der Waals surface area contributed by atoms with E-state index in [1.165, 1.54) is 19.1 Å². The number of ketones is 1. The van der Waals surface area contributed by atoms with Crippen molar-refractivity contribution in [3.63, 3.8) is 0 Å². The van der Waals surface area contributed by atoms with Crippen molar-refractivity contribution in [3.8, 4) is 16.9 Å². The van der Waals surface area contributed by atoms with Crippen LogP contribution in [0.15, 0.2) is 42.5 Å². The first-order valence-electron chi connectivity index (χ1n) is 6.65. The highest BCUT2D eigenvalue weighted by atomic mass is 19.1. The van der Waals surface area contributed by atoms with Gasteiger partial charge in [-0.3, -0.25) is 4.79 Å². The molecule has 2 aromatic carbocycles. The fraction of sp³-hybridized carbons (Fsp3) is 0.235. The van der Waals surface area contributed by atoms with Crippen molar-refractivity contribution < 1.29 is 18.7 Å². The Morgan fingerprint density at radius 3 is 2.57 bits per heavy atom. The van der Waals surface area contributed by atoms with Gasteiger partial charge >= 0.3 is 0 Å². The lowest BCUT2D eigenvalue weighted by atomic mass is 10.00. The van der Waals surface area contributed by atoms with E-state index in [0.29, 0.717) is 35.7 Å². The van der Waals surface area contributed by atoms with Gasteiger partial charge in [-0.25, -0.2) is 4.39 Å². The van der Waals surface area contributed by atoms with E-state index in [2.05, 4.69) is 0 Å². The van der Waals surface area contributed by atoms with Crippen LogP contribution in [0.4, 0.5) is 4.39 Å². The van der Waals surface area contributed by atoms with Crippen LogP contribution >= 0.6 is 0 Å². The van der Waals surface area contributed by atoms with E-state index in [1.54, 1.807) is 31.4 Å². The molecule has 0 aliphatic heterocycles. The second-order valence-corrected chi connectivity index (χ2v) is 4.59. The van der Waals surface area contributed by atoms with Gasteiger partial charge < -0.3 is 9.47 Å². The van der Waals surface area contributed by atoms with Gasteiger partial charge in [0.1, 0.15) is 18.2 Å². The molecule has 2 aromatic rings. The third-order valence-corrected chi connectivity index (χ3v) is 3.10. The molecular weight excluding hydrogens is 271 g/mol. The maximum atomic E-state index is 14.1. The average Bonchev–Trinajstić information content (AvgIpc) is 2.48. The summed E-state index contributed by atoms with van der Waals surface area (Å²) >= 11 is 0. The highest BCUT2D eigenvalue weighted by Crippen LogP contribution is 2.32. The number of para-hydroxylation sites is 1. The number of hydrogen-bond acceptors (Lipinski definition) is 3. The van der Waals surface area contributed by atoms with Crippen LogP contribution in [0, 0.1) is 5.82 Å². The minimum atomic E-state index is -0.386. The second kappa shape index (κ2) is 6.99. The monoisotopic (exact) mass is 288 g/mol. The van der Waals surface area contributed by atoms with Crippen LogP contribution in [0.3, 0.4) is 0 Å². The van der Waals surface area contributed by atoms with Gasteiger partial charge in [0.15, 0.2) is 5.78 Å². The predicted molar refractivity (Wildman–Crippen MR) is 79.2 cm³/mol. The van der Waals surface area contributed by atoms with Crippen molar-refractivity contribution in [2.75, 3.05) is 20.3 Å². The molecule has 21 heavy (non-hydrogen) atoms. The number of carbonyl (C=O) groups is 1. The molecular formula is C17H17FO3. The molecule has 0 aliphatic rings. The number of rotatable bonds is 6. The maximum absolute atomic E-state index is 14.1. The zero-order valence-corrected chi connectivity index (χ0v) is 12.1. The molecule has 0 saturated carbocycles. The molecule has 0 aromatic heterocycles. The Bertz CT molecular complexity index is 638. The smallest absolute Gasteiger partial charge is 0.159 e. The van der Waals surface area contributed by atoms with Crippen molar-refractivity contribution in [1.29, 1.82) is 0 Å². The number of Topliss-reactive ketones (excluding diaryl/α,β-unsaturated/α-hetero) is 1. The van der Waals surface area contributed by atoms with Crippen LogP contribution in [0.1, 0.15) is 17.3 Å². The molecule has 3 nitrogen and oxygen atoms in total. The number of carbonyl (C=O) groups excluding carboxylic acids is 1. The average molecular weight is 288 g/mol. The summed E-state index contributed by atoms with van der Waals surface area (Å²) in [5, 5.41) is 0. The third kappa shape index (κ3) is 3.67. The van der Waals surface area contributed by atoms with Crippen molar-refractivity contribution in [1.82, 2.24) is 0 Å². The standard InChI is InChI=1S/C17H17FO3/c1-12(19)13-7-8-16(18)15(11-13)14-5-3-4-6-17(14)21-10-9-20-2/h3-8,11H,9-10H2,1-2H3. The first-order chi connectivity index (χ1) is 10.1. The quantitative estimate of drug-likeness (QED) is 0.600. The summed E-state index contributed by atoms with van der Waals surface area (Å²) in [7, 11) is 1.59. The van der Waals surface area contributed by atoms with E-state index in [9.17, 15) is 9.18 Å². The van der Waals surface area contributed by atoms with E-state index in [4.69, 9.17) is 9.47 Å². The molecule has 0 heterocycles. The fourth-order valence-electron chi connectivity index (χ4n) is 2.00. The van der Waals surface area contributed by atoms with Crippen LogP contribution in [-0.4, -0.2) is 26.1 Å². The number of ether oxygens (including phenoxy) is 2. The minimum absolute atomic E-state index is 0.103. The molecule has 110 valence electrons. The van der Waals surface area contributed by atoms with Crippen LogP contribution in [0.25, 0.3) is 11.1 Å². The van der Waals surface area contributed by atoms with E-state index in [1.807, 2.05) is 6.07 Å². The molecule has 0 atom stereocenters. The summed E-state index contributed by atoms with van der Waals surface area (Å²) in [5.41, 5.74) is 1.45. The lowest BCUT2D eigenvalue weighted by molar-refractivity contribution is 0.101. The number of benzene rings is 2. The van der Waals surface area contributed by atoms with E-state index in [0.717, 1.165) is 0 Å². The van der Waals surface area contributed by atoms with E-state index < -0.39 is 0 Å². The minimum Gasteiger partial charge on any atom is -0.491 e. The first kappa shape index (κ1) is 15.2. The summed E-state index contributed by atoms with van der Waals surface area (Å²) in [5.74, 6) is 0.0750. The highest BCUT2D eigenvalue weighted by molar-refractivity contribution is 5.95. The van der Waals surface area contributed by atoms with Gasteiger partial charge in [0.05, 0.1) is 6.61 Å². The number of halogens is 1. The van der Waals surface area contributed by atoms with Crippen molar-refractivity contribution in [2.24, 2.45) is 0 Å². The zero-order chi connectivity index (χ0) is 15.2. The number of methoxy groups -OCH3 is 1. The fourth-order valence-corrected chi connectivity index (χ4v) is 2.00. The molecule has 0 radical (unpaired) electrons. The molecule has 0 amide bonds. The summed E-state index contributed by atoms with van der Waals surface area (Å²) in [4.78, 5) is 11.5. The Kier molecular flexibility index (Phi) is 5.06. The van der Waals surface area contributed by atoms with Crippen LogP contribution < -0.4 is 4.74 Å². The molecule has 0 fully saturated rings. The van der Waals surface area contributed by atoms with Gasteiger partial charge in [-0.15, -0.1) is 0 Å². The molecule has 0 aliphatic carbocycles. The van der Waals surface area contributed by atoms with Gasteiger partial charge in [0.25, 0.3) is 0 Å². The lowest BCUT2D eigenvalue weighted by Crippen LogP contribution is -2.05. The summed E-state index contributed by atoms with van der Waals surface area (Å²) in [6.45, 7) is 2.28. The predicted octanol–water partition coefficient (Wildman–Crippen LogP) is 3.72. The Morgan fingerprint density at radius 2 is 1.86 bits per heavy atom. The van der Waals surface area contributed by atoms with Crippen molar-refractivity contribution in [2.45, 2.75) is 6.92 Å². The summed E-state index contributed by atoms with van der Waals surface area (Å²) < 4.78 is 24.6. The van der Waals surface area contributed by atoms with Gasteiger partial charge in [-0.05, 0) is 31.2 Å². The third-order valence-electron chi connectivity index (χ3n) is 3.10. The normalized spacial score (nSPS) is 10.4. The van der Waals surface area contributed by atoms with Crippen LogP contribution in [0.2, 0.25) is 0 Å². The van der Waals surface area contributed by atoms with Crippen molar-refractivity contribution in [3.05, 3.63) is 53.8 Å². The van der Waals surface area contributed by atoms with E-state index >= 15 is 0 Å². The number of hydrogen-bond donors (Lipinski definition) is 0. The topological polar surface area (TPSA) is 35.5 Å². The molecule has 0 unspecified atom stereocenters. The second-order valence-electron chi connectivity index (χ2n) is 4.59. The van der Waals surface area contributed by atoms with Crippen LogP contribution in [0.5, 0.6) is 5.75 Å². The van der Waals surface area contributed by atoms with Crippen LogP contribution in [-0.2, 0) is 4.74 Å². The highest BCUT2D eigenvalue weighted by Gasteiger charge is 2.12. The Balaban J connectivity index is 2.41. The maximum Gasteiger partial charge on any atom is 0.159 e.